The fraction of sp³-hybridized carbons (Fsp3) is 0.500. The van der Waals surface area contributed by atoms with E-state index >= 15 is 0 Å². The van der Waals surface area contributed by atoms with E-state index in [9.17, 15) is 13.2 Å². The third kappa shape index (κ3) is 7.53. The maximum absolute atomic E-state index is 13.7. The highest BCUT2D eigenvalue weighted by molar-refractivity contribution is 7.89. The molecule has 1 heterocycles. The highest BCUT2D eigenvalue weighted by Crippen LogP contribution is 2.32. The van der Waals surface area contributed by atoms with Gasteiger partial charge < -0.3 is 9.64 Å². The van der Waals surface area contributed by atoms with E-state index in [-0.39, 0.29) is 22.6 Å². The minimum Gasteiger partial charge on any atom is -0.494 e. The van der Waals surface area contributed by atoms with Crippen LogP contribution in [0.5, 0.6) is 5.75 Å². The maximum Gasteiger partial charge on any atom is 0.260 e. The fourth-order valence-corrected chi connectivity index (χ4v) is 6.79. The van der Waals surface area contributed by atoms with Gasteiger partial charge >= 0.3 is 0 Å². The molecule has 0 saturated heterocycles. The first-order chi connectivity index (χ1) is 17.9. The van der Waals surface area contributed by atoms with Gasteiger partial charge in [0, 0.05) is 31.7 Å². The second kappa shape index (κ2) is 13.0. The summed E-state index contributed by atoms with van der Waals surface area (Å²) in [6.07, 6.45) is 0. The van der Waals surface area contributed by atoms with Gasteiger partial charge in [0.15, 0.2) is 5.13 Å². The van der Waals surface area contributed by atoms with Crippen molar-refractivity contribution in [3.05, 3.63) is 48.0 Å². The number of aromatic nitrogens is 1. The van der Waals surface area contributed by atoms with Gasteiger partial charge in [-0.25, -0.2) is 13.4 Å². The fourth-order valence-electron chi connectivity index (χ4n) is 4.01. The molecule has 38 heavy (non-hydrogen) atoms. The van der Waals surface area contributed by atoms with Crippen LogP contribution in [-0.2, 0) is 10.0 Å². The van der Waals surface area contributed by atoms with E-state index < -0.39 is 10.0 Å². The molecule has 0 aliphatic carbocycles. The third-order valence-corrected chi connectivity index (χ3v) is 8.67. The number of hydrogen-bond donors (Lipinski definition) is 0. The van der Waals surface area contributed by atoms with Gasteiger partial charge in [-0.05, 0) is 75.3 Å². The number of carbonyl (C=O) groups excluding carboxylic acids is 1. The van der Waals surface area contributed by atoms with Crippen LogP contribution in [0.4, 0.5) is 5.13 Å². The summed E-state index contributed by atoms with van der Waals surface area (Å²) in [6.45, 7) is 12.5. The van der Waals surface area contributed by atoms with E-state index in [1.54, 1.807) is 21.3 Å². The standard InChI is InChI=1S/C28H40N4O4S2/c1-8-36-23-11-14-25-26(17-23)37-28(29-25)32(16-15-30(6)7)27(33)22-9-12-24(13-10-22)38(34,35)31(18-20(2)3)19-21(4)5/h9-14,17,20-21H,8,15-16,18-19H2,1-7H3. The molecule has 3 rings (SSSR count). The van der Waals surface area contributed by atoms with Crippen LogP contribution in [0.15, 0.2) is 47.4 Å². The molecule has 1 aromatic heterocycles. The molecule has 0 fully saturated rings. The lowest BCUT2D eigenvalue weighted by atomic mass is 10.2. The number of carbonyl (C=O) groups is 1. The van der Waals surface area contributed by atoms with Gasteiger partial charge in [-0.15, -0.1) is 0 Å². The van der Waals surface area contributed by atoms with Crippen molar-refractivity contribution in [3.8, 4) is 5.75 Å². The molecule has 3 aromatic rings. The van der Waals surface area contributed by atoms with Crippen molar-refractivity contribution in [2.24, 2.45) is 11.8 Å². The maximum atomic E-state index is 13.7. The Labute approximate surface area is 231 Å². The molecule has 1 amide bonds. The van der Waals surface area contributed by atoms with Crippen molar-refractivity contribution >= 4 is 42.6 Å². The van der Waals surface area contributed by atoms with Crippen molar-refractivity contribution in [1.82, 2.24) is 14.2 Å². The Morgan fingerprint density at radius 2 is 1.61 bits per heavy atom. The second-order valence-electron chi connectivity index (χ2n) is 10.5. The van der Waals surface area contributed by atoms with Gasteiger partial charge in [-0.1, -0.05) is 39.0 Å². The molecule has 0 radical (unpaired) electrons. The number of rotatable bonds is 13. The minimum atomic E-state index is -3.67. The predicted molar refractivity (Wildman–Crippen MR) is 156 cm³/mol. The molecule has 0 saturated carbocycles. The second-order valence-corrected chi connectivity index (χ2v) is 13.4. The highest BCUT2D eigenvalue weighted by Gasteiger charge is 2.27. The van der Waals surface area contributed by atoms with Crippen LogP contribution in [0.3, 0.4) is 0 Å². The quantitative estimate of drug-likeness (QED) is 0.286. The Morgan fingerprint density at radius 3 is 2.16 bits per heavy atom. The number of likely N-dealkylation sites (N-methyl/N-ethyl adjacent to an activating group) is 1. The first-order valence-electron chi connectivity index (χ1n) is 13.0. The lowest BCUT2D eigenvalue weighted by Gasteiger charge is -2.26. The van der Waals surface area contributed by atoms with E-state index in [4.69, 9.17) is 9.72 Å². The van der Waals surface area contributed by atoms with E-state index in [1.165, 1.54) is 23.5 Å². The number of hydrogen-bond acceptors (Lipinski definition) is 7. The van der Waals surface area contributed by atoms with Crippen LogP contribution in [0.25, 0.3) is 10.2 Å². The summed E-state index contributed by atoms with van der Waals surface area (Å²) >= 11 is 1.44. The molecule has 0 aliphatic heterocycles. The average molecular weight is 561 g/mol. The normalized spacial score (nSPS) is 12.3. The molecule has 208 valence electrons. The summed E-state index contributed by atoms with van der Waals surface area (Å²) in [5.74, 6) is 0.948. The largest absolute Gasteiger partial charge is 0.494 e. The number of thiazole rings is 1. The predicted octanol–water partition coefficient (Wildman–Crippen LogP) is 5.21. The first-order valence-corrected chi connectivity index (χ1v) is 15.3. The SMILES string of the molecule is CCOc1ccc2nc(N(CCN(C)C)C(=O)c3ccc(S(=O)(=O)N(CC(C)C)CC(C)C)cc3)sc2c1. The first kappa shape index (κ1) is 30.0. The van der Waals surface area contributed by atoms with Gasteiger partial charge in [0.05, 0.1) is 21.7 Å². The van der Waals surface area contributed by atoms with Crippen molar-refractivity contribution in [2.75, 3.05) is 51.8 Å². The molecule has 0 aliphatic rings. The summed E-state index contributed by atoms with van der Waals surface area (Å²) in [7, 11) is 0.233. The van der Waals surface area contributed by atoms with Crippen LogP contribution in [0, 0.1) is 11.8 Å². The van der Waals surface area contributed by atoms with Crippen LogP contribution in [0.1, 0.15) is 45.0 Å². The molecular weight excluding hydrogens is 520 g/mol. The van der Waals surface area contributed by atoms with E-state index in [0.29, 0.717) is 43.5 Å². The van der Waals surface area contributed by atoms with Gasteiger partial charge in [0.25, 0.3) is 5.91 Å². The zero-order chi connectivity index (χ0) is 28.0. The van der Waals surface area contributed by atoms with Crippen LogP contribution >= 0.6 is 11.3 Å². The van der Waals surface area contributed by atoms with Crippen LogP contribution in [-0.4, -0.2) is 75.4 Å². The monoisotopic (exact) mass is 560 g/mol. The van der Waals surface area contributed by atoms with Crippen molar-refractivity contribution < 1.29 is 17.9 Å². The summed E-state index contributed by atoms with van der Waals surface area (Å²) in [5, 5.41) is 0.595. The lowest BCUT2D eigenvalue weighted by Crippen LogP contribution is -2.37. The number of ether oxygens (including phenoxy) is 1. The smallest absolute Gasteiger partial charge is 0.260 e. The third-order valence-electron chi connectivity index (χ3n) is 5.78. The number of nitrogens with zero attached hydrogens (tertiary/aromatic N) is 4. The van der Waals surface area contributed by atoms with E-state index in [2.05, 4.69) is 0 Å². The highest BCUT2D eigenvalue weighted by atomic mass is 32.2. The lowest BCUT2D eigenvalue weighted by molar-refractivity contribution is 0.0985. The molecule has 0 unspecified atom stereocenters. The van der Waals surface area contributed by atoms with Crippen molar-refractivity contribution in [2.45, 2.75) is 39.5 Å². The zero-order valence-corrected chi connectivity index (χ0v) is 25.1. The molecule has 0 atom stereocenters. The van der Waals surface area contributed by atoms with Gasteiger partial charge in [0.2, 0.25) is 10.0 Å². The molecule has 2 aromatic carbocycles. The number of sulfonamides is 1. The number of amides is 1. The van der Waals surface area contributed by atoms with E-state index in [0.717, 1.165) is 16.0 Å². The van der Waals surface area contributed by atoms with Gasteiger partial charge in [-0.3, -0.25) is 9.69 Å². The van der Waals surface area contributed by atoms with Crippen LogP contribution in [0.2, 0.25) is 0 Å². The topological polar surface area (TPSA) is 83.0 Å². The number of fused-ring (bicyclic) bond motifs is 1. The minimum absolute atomic E-state index is 0.193. The Bertz CT molecular complexity index is 1310. The molecule has 10 heteroatoms. The summed E-state index contributed by atoms with van der Waals surface area (Å²) in [6, 6.07) is 12.0. The van der Waals surface area contributed by atoms with Gasteiger partial charge in [0.1, 0.15) is 5.75 Å². The van der Waals surface area contributed by atoms with Crippen LogP contribution < -0.4 is 9.64 Å². The summed E-state index contributed by atoms with van der Waals surface area (Å²) in [5.41, 5.74) is 1.21. The Balaban J connectivity index is 1.92. The molecular formula is C28H40N4O4S2. The zero-order valence-electron chi connectivity index (χ0n) is 23.5. The Morgan fingerprint density at radius 1 is 0.974 bits per heavy atom. The summed E-state index contributed by atoms with van der Waals surface area (Å²) < 4.78 is 34.9. The number of benzene rings is 2. The van der Waals surface area contributed by atoms with E-state index in [1.807, 2.05) is 71.8 Å². The average Bonchev–Trinajstić information content (AvgIpc) is 3.26. The Kier molecular flexibility index (Phi) is 10.3. The molecule has 0 N–H and O–H groups in total. The molecule has 0 bridgehead atoms. The molecule has 8 nitrogen and oxygen atoms in total. The molecule has 0 spiro atoms. The van der Waals surface area contributed by atoms with Crippen molar-refractivity contribution in [1.29, 1.82) is 0 Å². The van der Waals surface area contributed by atoms with Gasteiger partial charge in [-0.2, -0.15) is 4.31 Å². The Hall–Kier alpha value is -2.53. The number of anilines is 1. The summed E-state index contributed by atoms with van der Waals surface area (Å²) in [4.78, 5) is 22.3. The van der Waals surface area contributed by atoms with Crippen molar-refractivity contribution in [3.63, 3.8) is 0 Å².